The average molecular weight is 300 g/mol. The van der Waals surface area contributed by atoms with Gasteiger partial charge >= 0.3 is 0 Å². The van der Waals surface area contributed by atoms with Crippen molar-refractivity contribution in [3.05, 3.63) is 0 Å². The molecule has 0 radical (unpaired) electrons. The Morgan fingerprint density at radius 1 is 1.00 bits per heavy atom. The molecule has 0 aliphatic carbocycles. The number of nitrogens with zero attached hydrogens (tertiary/aromatic N) is 2. The van der Waals surface area contributed by atoms with Gasteiger partial charge in [0.2, 0.25) is 5.91 Å². The van der Waals surface area contributed by atoms with Crippen molar-refractivity contribution in [1.82, 2.24) is 9.80 Å². The number of hydrogen-bond acceptors (Lipinski definition) is 3. The van der Waals surface area contributed by atoms with E-state index in [0.29, 0.717) is 18.4 Å². The molecule has 0 rings (SSSR count). The second-order valence-corrected chi connectivity index (χ2v) is 6.77. The molecular weight excluding hydrogens is 262 g/mol. The summed E-state index contributed by atoms with van der Waals surface area (Å²) < 4.78 is 0. The van der Waals surface area contributed by atoms with E-state index in [-0.39, 0.29) is 11.8 Å². The maximum absolute atomic E-state index is 12.8. The number of amides is 1. The third-order valence-corrected chi connectivity index (χ3v) is 3.87. The predicted molar refractivity (Wildman–Crippen MR) is 91.2 cm³/mol. The Hall–Kier alpha value is -0.610. The van der Waals surface area contributed by atoms with Gasteiger partial charge in [0.05, 0.1) is 5.92 Å². The molecule has 21 heavy (non-hydrogen) atoms. The minimum atomic E-state index is -0.0274. The summed E-state index contributed by atoms with van der Waals surface area (Å²) in [5, 5.41) is 0. The highest BCUT2D eigenvalue weighted by molar-refractivity contribution is 5.79. The molecule has 4 nitrogen and oxygen atoms in total. The SMILES string of the molecule is CCN(CC)CCN(CC(C)C)C(=O)C(CN)CC(C)C. The molecule has 0 fully saturated rings. The molecular formula is C17H37N3O. The van der Waals surface area contributed by atoms with Gasteiger partial charge in [-0.2, -0.15) is 0 Å². The topological polar surface area (TPSA) is 49.6 Å². The molecule has 0 spiro atoms. The molecule has 0 bridgehead atoms. The fraction of sp³-hybridized carbons (Fsp3) is 0.941. The van der Waals surface area contributed by atoms with Crippen molar-refractivity contribution in [2.24, 2.45) is 23.5 Å². The molecule has 0 heterocycles. The zero-order chi connectivity index (χ0) is 16.4. The van der Waals surface area contributed by atoms with Crippen LogP contribution in [-0.4, -0.2) is 55.0 Å². The minimum Gasteiger partial charge on any atom is -0.341 e. The van der Waals surface area contributed by atoms with Crippen LogP contribution in [0, 0.1) is 17.8 Å². The molecule has 0 aromatic carbocycles. The Morgan fingerprint density at radius 2 is 1.57 bits per heavy atom. The first kappa shape index (κ1) is 20.4. The molecule has 0 saturated heterocycles. The van der Waals surface area contributed by atoms with Crippen molar-refractivity contribution >= 4 is 5.91 Å². The third kappa shape index (κ3) is 8.42. The highest BCUT2D eigenvalue weighted by Gasteiger charge is 2.24. The van der Waals surface area contributed by atoms with E-state index < -0.39 is 0 Å². The van der Waals surface area contributed by atoms with Crippen LogP contribution in [0.1, 0.15) is 48.0 Å². The lowest BCUT2D eigenvalue weighted by Crippen LogP contribution is -2.45. The number of likely N-dealkylation sites (N-methyl/N-ethyl adjacent to an activating group) is 1. The number of rotatable bonds is 11. The van der Waals surface area contributed by atoms with Crippen LogP contribution in [0.2, 0.25) is 0 Å². The van der Waals surface area contributed by atoms with Crippen molar-refractivity contribution in [3.8, 4) is 0 Å². The van der Waals surface area contributed by atoms with Crippen molar-refractivity contribution in [3.63, 3.8) is 0 Å². The van der Waals surface area contributed by atoms with Gasteiger partial charge in [-0.1, -0.05) is 41.5 Å². The summed E-state index contributed by atoms with van der Waals surface area (Å²) in [4.78, 5) is 17.2. The Labute approximate surface area is 132 Å². The fourth-order valence-corrected chi connectivity index (χ4v) is 2.66. The zero-order valence-corrected chi connectivity index (χ0v) is 15.1. The lowest BCUT2D eigenvalue weighted by atomic mass is 9.95. The van der Waals surface area contributed by atoms with Gasteiger partial charge in [0.15, 0.2) is 0 Å². The molecule has 0 aromatic heterocycles. The molecule has 126 valence electrons. The first-order valence-corrected chi connectivity index (χ1v) is 8.56. The van der Waals surface area contributed by atoms with Crippen LogP contribution >= 0.6 is 0 Å². The summed E-state index contributed by atoms with van der Waals surface area (Å²) in [5.41, 5.74) is 5.84. The standard InChI is InChI=1S/C17H37N3O/c1-7-19(8-2)9-10-20(13-15(5)6)17(21)16(12-18)11-14(3)4/h14-16H,7-13,18H2,1-6H3. The van der Waals surface area contributed by atoms with E-state index >= 15 is 0 Å². The summed E-state index contributed by atoms with van der Waals surface area (Å²) in [5.74, 6) is 1.21. The van der Waals surface area contributed by atoms with Crippen molar-refractivity contribution in [2.75, 3.05) is 39.3 Å². The highest BCUT2D eigenvalue weighted by atomic mass is 16.2. The van der Waals surface area contributed by atoms with Gasteiger partial charge in [-0.05, 0) is 31.3 Å². The van der Waals surface area contributed by atoms with Crippen molar-refractivity contribution < 1.29 is 4.79 Å². The molecule has 2 N–H and O–H groups in total. The van der Waals surface area contributed by atoms with E-state index in [1.54, 1.807) is 0 Å². The van der Waals surface area contributed by atoms with Gasteiger partial charge in [-0.25, -0.2) is 0 Å². The van der Waals surface area contributed by atoms with Crippen molar-refractivity contribution in [1.29, 1.82) is 0 Å². The van der Waals surface area contributed by atoms with Crippen LogP contribution in [0.25, 0.3) is 0 Å². The number of carbonyl (C=O) groups excluding carboxylic acids is 1. The predicted octanol–water partition coefficient (Wildman–Crippen LogP) is 2.43. The van der Waals surface area contributed by atoms with Crippen LogP contribution in [0.15, 0.2) is 0 Å². The number of hydrogen-bond donors (Lipinski definition) is 1. The Balaban J connectivity index is 4.74. The van der Waals surface area contributed by atoms with Gasteiger partial charge in [0.25, 0.3) is 0 Å². The summed E-state index contributed by atoms with van der Waals surface area (Å²) in [6.07, 6.45) is 0.884. The molecule has 0 aromatic rings. The van der Waals surface area contributed by atoms with Gasteiger partial charge in [-0.3, -0.25) is 4.79 Å². The quantitative estimate of drug-likeness (QED) is 0.637. The van der Waals surface area contributed by atoms with Gasteiger partial charge in [0.1, 0.15) is 0 Å². The summed E-state index contributed by atoms with van der Waals surface area (Å²) in [6.45, 7) is 18.1. The summed E-state index contributed by atoms with van der Waals surface area (Å²) in [7, 11) is 0. The van der Waals surface area contributed by atoms with E-state index in [1.165, 1.54) is 0 Å². The van der Waals surface area contributed by atoms with Crippen LogP contribution < -0.4 is 5.73 Å². The molecule has 4 heteroatoms. The molecule has 1 amide bonds. The summed E-state index contributed by atoms with van der Waals surface area (Å²) in [6, 6.07) is 0. The number of carbonyl (C=O) groups is 1. The lowest BCUT2D eigenvalue weighted by Gasteiger charge is -2.31. The maximum atomic E-state index is 12.8. The highest BCUT2D eigenvalue weighted by Crippen LogP contribution is 2.15. The third-order valence-electron chi connectivity index (χ3n) is 3.87. The van der Waals surface area contributed by atoms with Crippen LogP contribution in [-0.2, 0) is 4.79 Å². The second-order valence-electron chi connectivity index (χ2n) is 6.77. The smallest absolute Gasteiger partial charge is 0.227 e. The minimum absolute atomic E-state index is 0.0274. The Kier molecular flexibility index (Phi) is 10.7. The molecule has 1 atom stereocenters. The van der Waals surface area contributed by atoms with E-state index in [2.05, 4.69) is 46.4 Å². The molecule has 0 aliphatic heterocycles. The number of nitrogens with two attached hydrogens (primary N) is 1. The van der Waals surface area contributed by atoms with E-state index in [1.807, 2.05) is 4.90 Å². The second kappa shape index (κ2) is 11.0. The Morgan fingerprint density at radius 3 is 1.95 bits per heavy atom. The largest absolute Gasteiger partial charge is 0.341 e. The van der Waals surface area contributed by atoms with E-state index in [0.717, 1.165) is 39.1 Å². The first-order valence-electron chi connectivity index (χ1n) is 8.56. The van der Waals surface area contributed by atoms with Gasteiger partial charge < -0.3 is 15.5 Å². The normalized spacial score (nSPS) is 13.2. The molecule has 0 aliphatic rings. The van der Waals surface area contributed by atoms with Crippen LogP contribution in [0.3, 0.4) is 0 Å². The molecule has 1 unspecified atom stereocenters. The Bertz CT molecular complexity index is 275. The first-order chi connectivity index (χ1) is 9.85. The average Bonchev–Trinajstić information content (AvgIpc) is 2.43. The fourth-order valence-electron chi connectivity index (χ4n) is 2.66. The van der Waals surface area contributed by atoms with Gasteiger partial charge in [-0.15, -0.1) is 0 Å². The maximum Gasteiger partial charge on any atom is 0.227 e. The van der Waals surface area contributed by atoms with Gasteiger partial charge in [0, 0.05) is 26.2 Å². The van der Waals surface area contributed by atoms with E-state index in [9.17, 15) is 4.79 Å². The van der Waals surface area contributed by atoms with E-state index in [4.69, 9.17) is 5.73 Å². The summed E-state index contributed by atoms with van der Waals surface area (Å²) >= 11 is 0. The van der Waals surface area contributed by atoms with Crippen LogP contribution in [0.4, 0.5) is 0 Å². The monoisotopic (exact) mass is 299 g/mol. The lowest BCUT2D eigenvalue weighted by molar-refractivity contribution is -0.136. The van der Waals surface area contributed by atoms with Crippen molar-refractivity contribution in [2.45, 2.75) is 48.0 Å². The molecule has 0 saturated carbocycles. The zero-order valence-electron chi connectivity index (χ0n) is 15.1. The van der Waals surface area contributed by atoms with Crippen LogP contribution in [0.5, 0.6) is 0 Å².